The Hall–Kier alpha value is -0.380. The fraction of sp³-hybridized carbons (Fsp3) is 0.500. The first kappa shape index (κ1) is 9.82. The van der Waals surface area contributed by atoms with Crippen molar-refractivity contribution in [2.75, 3.05) is 0 Å². The molecule has 0 aliphatic heterocycles. The lowest BCUT2D eigenvalue weighted by atomic mass is 9.98. The van der Waals surface area contributed by atoms with Crippen molar-refractivity contribution < 1.29 is 0 Å². The maximum absolute atomic E-state index is 6.34. The van der Waals surface area contributed by atoms with Gasteiger partial charge in [0.05, 0.1) is 0 Å². The van der Waals surface area contributed by atoms with Gasteiger partial charge in [-0.1, -0.05) is 12.8 Å². The summed E-state index contributed by atoms with van der Waals surface area (Å²) in [6.45, 7) is 0. The lowest BCUT2D eigenvalue weighted by Gasteiger charge is -2.16. The minimum Gasteiger partial charge on any atom is -0.323 e. The third-order valence-electron chi connectivity index (χ3n) is 3.39. The van der Waals surface area contributed by atoms with Crippen molar-refractivity contribution in [3.05, 3.63) is 22.4 Å². The van der Waals surface area contributed by atoms with Gasteiger partial charge < -0.3 is 5.73 Å². The van der Waals surface area contributed by atoms with Gasteiger partial charge in [-0.05, 0) is 36.3 Å². The molecule has 1 aliphatic rings. The minimum atomic E-state index is 0.289. The van der Waals surface area contributed by atoms with E-state index in [1.165, 1.54) is 40.0 Å². The molecule has 0 bridgehead atoms. The monoisotopic (exact) mass is 237 g/mol. The highest BCUT2D eigenvalue weighted by Crippen LogP contribution is 2.39. The van der Waals surface area contributed by atoms with E-state index < -0.39 is 0 Å². The fourth-order valence-electron chi connectivity index (χ4n) is 2.50. The standard InChI is InChI=1S/C12H15NS2/c13-12(8-3-1-2-4-8)11-7-10-9(15-11)5-6-14-10/h5-8,12H,1-4,13H2. The van der Waals surface area contributed by atoms with Gasteiger partial charge in [0, 0.05) is 20.3 Å². The Morgan fingerprint density at radius 2 is 2.07 bits per heavy atom. The van der Waals surface area contributed by atoms with Crippen LogP contribution in [0.3, 0.4) is 0 Å². The van der Waals surface area contributed by atoms with E-state index in [1.807, 2.05) is 22.7 Å². The van der Waals surface area contributed by atoms with E-state index in [1.54, 1.807) is 0 Å². The summed E-state index contributed by atoms with van der Waals surface area (Å²) in [6, 6.07) is 4.79. The Labute approximate surface area is 97.9 Å². The van der Waals surface area contributed by atoms with Gasteiger partial charge in [0.25, 0.3) is 0 Å². The maximum Gasteiger partial charge on any atom is 0.0454 e. The van der Waals surface area contributed by atoms with Crippen LogP contribution < -0.4 is 5.73 Å². The summed E-state index contributed by atoms with van der Waals surface area (Å²) < 4.78 is 2.81. The number of hydrogen-bond donors (Lipinski definition) is 1. The molecule has 0 aromatic carbocycles. The second-order valence-electron chi connectivity index (χ2n) is 4.37. The van der Waals surface area contributed by atoms with E-state index in [0.717, 1.165) is 5.92 Å². The topological polar surface area (TPSA) is 26.0 Å². The van der Waals surface area contributed by atoms with Crippen LogP contribution in [-0.2, 0) is 0 Å². The van der Waals surface area contributed by atoms with Crippen molar-refractivity contribution in [1.82, 2.24) is 0 Å². The third kappa shape index (κ3) is 1.73. The molecule has 1 unspecified atom stereocenters. The number of nitrogens with two attached hydrogens (primary N) is 1. The Morgan fingerprint density at radius 3 is 2.80 bits per heavy atom. The average molecular weight is 237 g/mol. The first-order valence-corrected chi connectivity index (χ1v) is 7.27. The van der Waals surface area contributed by atoms with Crippen molar-refractivity contribution in [3.63, 3.8) is 0 Å². The number of thiophene rings is 2. The highest BCUT2D eigenvalue weighted by Gasteiger charge is 2.24. The van der Waals surface area contributed by atoms with Gasteiger partial charge in [0.15, 0.2) is 0 Å². The van der Waals surface area contributed by atoms with Crippen LogP contribution in [0.5, 0.6) is 0 Å². The SMILES string of the molecule is NC(c1cc2sccc2s1)C1CCCC1. The number of fused-ring (bicyclic) bond motifs is 1. The smallest absolute Gasteiger partial charge is 0.0454 e. The third-order valence-corrected chi connectivity index (χ3v) is 5.59. The number of rotatable bonds is 2. The maximum atomic E-state index is 6.34. The molecular weight excluding hydrogens is 222 g/mol. The van der Waals surface area contributed by atoms with Crippen molar-refractivity contribution in [2.45, 2.75) is 31.7 Å². The predicted octanol–water partition coefficient (Wildman–Crippen LogP) is 4.15. The molecule has 3 heteroatoms. The lowest BCUT2D eigenvalue weighted by molar-refractivity contribution is 0.450. The first-order valence-electron chi connectivity index (χ1n) is 5.57. The predicted molar refractivity (Wildman–Crippen MR) is 68.6 cm³/mol. The van der Waals surface area contributed by atoms with Crippen LogP contribution in [0, 0.1) is 5.92 Å². The van der Waals surface area contributed by atoms with E-state index >= 15 is 0 Å². The second kappa shape index (κ2) is 3.89. The van der Waals surface area contributed by atoms with Gasteiger partial charge in [-0.2, -0.15) is 0 Å². The molecule has 1 atom stereocenters. The Bertz CT molecular complexity index is 422. The molecule has 0 radical (unpaired) electrons. The van der Waals surface area contributed by atoms with Crippen molar-refractivity contribution >= 4 is 32.1 Å². The van der Waals surface area contributed by atoms with Gasteiger partial charge in [-0.25, -0.2) is 0 Å². The molecule has 1 aliphatic carbocycles. The molecule has 0 saturated heterocycles. The Kier molecular flexibility index (Phi) is 2.54. The van der Waals surface area contributed by atoms with Crippen LogP contribution in [0.1, 0.15) is 36.6 Å². The van der Waals surface area contributed by atoms with Gasteiger partial charge in [0.2, 0.25) is 0 Å². The van der Waals surface area contributed by atoms with Gasteiger partial charge in [-0.15, -0.1) is 22.7 Å². The van der Waals surface area contributed by atoms with Gasteiger partial charge >= 0.3 is 0 Å². The summed E-state index contributed by atoms with van der Waals surface area (Å²) in [5.74, 6) is 0.734. The molecule has 3 rings (SSSR count). The summed E-state index contributed by atoms with van der Waals surface area (Å²) in [5.41, 5.74) is 6.34. The molecule has 2 N–H and O–H groups in total. The normalized spacial score (nSPS) is 20.1. The Morgan fingerprint density at radius 1 is 1.27 bits per heavy atom. The van der Waals surface area contributed by atoms with Crippen molar-refractivity contribution in [1.29, 1.82) is 0 Å². The summed E-state index contributed by atoms with van der Waals surface area (Å²) >= 11 is 3.71. The second-order valence-corrected chi connectivity index (χ2v) is 6.43. The molecular formula is C12H15NS2. The minimum absolute atomic E-state index is 0.289. The van der Waals surface area contributed by atoms with Crippen LogP contribution >= 0.6 is 22.7 Å². The molecule has 1 nitrogen and oxygen atoms in total. The van der Waals surface area contributed by atoms with E-state index in [9.17, 15) is 0 Å². The van der Waals surface area contributed by atoms with E-state index in [4.69, 9.17) is 5.73 Å². The average Bonchev–Trinajstić information content (AvgIpc) is 2.92. The van der Waals surface area contributed by atoms with Crippen LogP contribution in [0.15, 0.2) is 17.5 Å². The van der Waals surface area contributed by atoms with E-state index in [0.29, 0.717) is 0 Å². The quantitative estimate of drug-likeness (QED) is 0.834. The van der Waals surface area contributed by atoms with Crippen LogP contribution in [0.2, 0.25) is 0 Å². The van der Waals surface area contributed by atoms with Crippen molar-refractivity contribution in [2.24, 2.45) is 11.7 Å². The van der Waals surface area contributed by atoms with Gasteiger partial charge in [-0.3, -0.25) is 0 Å². The zero-order chi connectivity index (χ0) is 10.3. The van der Waals surface area contributed by atoms with Crippen LogP contribution in [0.4, 0.5) is 0 Å². The molecule has 0 spiro atoms. The molecule has 2 aromatic rings. The first-order chi connectivity index (χ1) is 7.34. The van der Waals surface area contributed by atoms with Crippen LogP contribution in [-0.4, -0.2) is 0 Å². The highest BCUT2D eigenvalue weighted by molar-refractivity contribution is 7.26. The summed E-state index contributed by atoms with van der Waals surface area (Å²) in [5, 5.41) is 2.16. The van der Waals surface area contributed by atoms with Gasteiger partial charge in [0.1, 0.15) is 0 Å². The van der Waals surface area contributed by atoms with Crippen LogP contribution in [0.25, 0.3) is 9.40 Å². The molecule has 2 heterocycles. The zero-order valence-corrected chi connectivity index (χ0v) is 10.2. The zero-order valence-electron chi connectivity index (χ0n) is 8.61. The molecule has 80 valence electrons. The summed E-state index contributed by atoms with van der Waals surface area (Å²) in [6.07, 6.45) is 5.40. The molecule has 15 heavy (non-hydrogen) atoms. The van der Waals surface area contributed by atoms with E-state index in [-0.39, 0.29) is 6.04 Å². The van der Waals surface area contributed by atoms with E-state index in [2.05, 4.69) is 17.5 Å². The fourth-order valence-corrected chi connectivity index (χ4v) is 4.71. The molecule has 1 fully saturated rings. The molecule has 2 aromatic heterocycles. The molecule has 0 amide bonds. The largest absolute Gasteiger partial charge is 0.323 e. The lowest BCUT2D eigenvalue weighted by Crippen LogP contribution is -2.17. The summed E-state index contributed by atoms with van der Waals surface area (Å²) in [7, 11) is 0. The number of hydrogen-bond acceptors (Lipinski definition) is 3. The molecule has 1 saturated carbocycles. The highest BCUT2D eigenvalue weighted by atomic mass is 32.1. The Balaban J connectivity index is 1.89. The summed E-state index contributed by atoms with van der Waals surface area (Å²) in [4.78, 5) is 1.39. The van der Waals surface area contributed by atoms with Crippen molar-refractivity contribution in [3.8, 4) is 0 Å².